The van der Waals surface area contributed by atoms with Crippen molar-refractivity contribution in [2.75, 3.05) is 11.9 Å². The zero-order valence-corrected chi connectivity index (χ0v) is 14.5. The molecule has 2 N–H and O–H groups in total. The van der Waals surface area contributed by atoms with E-state index in [2.05, 4.69) is 15.6 Å². The molecule has 0 aliphatic rings. The molecule has 126 valence electrons. The molecule has 24 heavy (non-hydrogen) atoms. The maximum atomic E-state index is 12.4. The van der Waals surface area contributed by atoms with Gasteiger partial charge in [0.1, 0.15) is 5.69 Å². The molecule has 5 nitrogen and oxygen atoms in total. The highest BCUT2D eigenvalue weighted by molar-refractivity contribution is 6.31. The number of pyridine rings is 1. The molecule has 0 spiro atoms. The highest BCUT2D eigenvalue weighted by atomic mass is 35.5. The van der Waals surface area contributed by atoms with Crippen LogP contribution in [0.2, 0.25) is 5.02 Å². The van der Waals surface area contributed by atoms with Gasteiger partial charge in [-0.3, -0.25) is 14.6 Å². The minimum Gasteiger partial charge on any atom is -0.351 e. The van der Waals surface area contributed by atoms with Crippen LogP contribution in [0.5, 0.6) is 0 Å². The van der Waals surface area contributed by atoms with Crippen molar-refractivity contribution in [3.05, 3.63) is 58.4 Å². The number of anilines is 1. The second kappa shape index (κ2) is 8.45. The summed E-state index contributed by atoms with van der Waals surface area (Å²) in [6.45, 7) is 4.47. The van der Waals surface area contributed by atoms with Gasteiger partial charge in [0.05, 0.1) is 0 Å². The fraction of sp³-hybridized carbons (Fsp3) is 0.278. The number of benzene rings is 1. The van der Waals surface area contributed by atoms with Crippen LogP contribution in [0.4, 0.5) is 5.69 Å². The van der Waals surface area contributed by atoms with Crippen molar-refractivity contribution in [1.82, 2.24) is 10.3 Å². The summed E-state index contributed by atoms with van der Waals surface area (Å²) in [7, 11) is 0. The minimum atomic E-state index is -0.314. The van der Waals surface area contributed by atoms with Gasteiger partial charge in [-0.15, -0.1) is 0 Å². The van der Waals surface area contributed by atoms with Gasteiger partial charge in [0, 0.05) is 29.0 Å². The van der Waals surface area contributed by atoms with E-state index in [1.54, 1.807) is 24.3 Å². The first-order valence-electron chi connectivity index (χ1n) is 7.83. The third-order valence-electron chi connectivity index (χ3n) is 3.59. The molecule has 6 heteroatoms. The molecule has 0 fully saturated rings. The molecular weight excluding hydrogens is 326 g/mol. The van der Waals surface area contributed by atoms with Gasteiger partial charge in [0.2, 0.25) is 0 Å². The Balaban J connectivity index is 2.11. The summed E-state index contributed by atoms with van der Waals surface area (Å²) in [5.74, 6) is -0.595. The molecule has 1 heterocycles. The first-order valence-corrected chi connectivity index (χ1v) is 8.21. The highest BCUT2D eigenvalue weighted by Gasteiger charge is 2.13. The molecule has 0 atom stereocenters. The number of unbranched alkanes of at least 4 members (excludes halogenated alkanes) is 1. The van der Waals surface area contributed by atoms with Crippen LogP contribution in [-0.2, 0) is 0 Å². The quantitative estimate of drug-likeness (QED) is 0.782. The van der Waals surface area contributed by atoms with Gasteiger partial charge >= 0.3 is 0 Å². The van der Waals surface area contributed by atoms with Crippen LogP contribution in [0, 0.1) is 6.92 Å². The van der Waals surface area contributed by atoms with Crippen LogP contribution in [0.25, 0.3) is 0 Å². The molecule has 1 aromatic heterocycles. The largest absolute Gasteiger partial charge is 0.351 e. The zero-order chi connectivity index (χ0) is 17.5. The topological polar surface area (TPSA) is 71.1 Å². The van der Waals surface area contributed by atoms with E-state index in [-0.39, 0.29) is 17.5 Å². The minimum absolute atomic E-state index is 0.224. The lowest BCUT2D eigenvalue weighted by atomic mass is 10.1. The molecule has 0 saturated carbocycles. The van der Waals surface area contributed by atoms with E-state index in [1.165, 1.54) is 12.3 Å². The van der Waals surface area contributed by atoms with Crippen molar-refractivity contribution in [3.63, 3.8) is 0 Å². The maximum Gasteiger partial charge on any atom is 0.269 e. The first kappa shape index (κ1) is 17.9. The Morgan fingerprint density at radius 3 is 2.75 bits per heavy atom. The van der Waals surface area contributed by atoms with E-state index >= 15 is 0 Å². The summed E-state index contributed by atoms with van der Waals surface area (Å²) in [6, 6.07) is 8.36. The predicted octanol–water partition coefficient (Wildman–Crippen LogP) is 3.83. The Hall–Kier alpha value is -2.40. The molecule has 1 aromatic carbocycles. The van der Waals surface area contributed by atoms with Crippen LogP contribution in [-0.4, -0.2) is 23.3 Å². The van der Waals surface area contributed by atoms with Crippen molar-refractivity contribution in [2.45, 2.75) is 26.7 Å². The highest BCUT2D eigenvalue weighted by Crippen LogP contribution is 2.23. The molecular formula is C18H20ClN3O2. The summed E-state index contributed by atoms with van der Waals surface area (Å²) >= 11 is 6.06. The first-order chi connectivity index (χ1) is 11.5. The van der Waals surface area contributed by atoms with E-state index in [0.717, 1.165) is 18.4 Å². The lowest BCUT2D eigenvalue weighted by Gasteiger charge is -2.10. The predicted molar refractivity (Wildman–Crippen MR) is 95.6 cm³/mol. The third-order valence-corrected chi connectivity index (χ3v) is 4.00. The second-order valence-corrected chi connectivity index (χ2v) is 5.81. The van der Waals surface area contributed by atoms with Crippen molar-refractivity contribution in [2.24, 2.45) is 0 Å². The lowest BCUT2D eigenvalue weighted by Crippen LogP contribution is -2.25. The third kappa shape index (κ3) is 4.55. The van der Waals surface area contributed by atoms with E-state index in [9.17, 15) is 9.59 Å². The summed E-state index contributed by atoms with van der Waals surface area (Å²) in [6.07, 6.45) is 3.35. The Bertz CT molecular complexity index is 747. The Morgan fingerprint density at radius 2 is 2.00 bits per heavy atom. The number of aromatic nitrogens is 1. The molecule has 0 bridgehead atoms. The molecule has 2 amide bonds. The van der Waals surface area contributed by atoms with Gasteiger partial charge in [0.15, 0.2) is 0 Å². The number of amides is 2. The van der Waals surface area contributed by atoms with Gasteiger partial charge in [-0.1, -0.05) is 31.0 Å². The smallest absolute Gasteiger partial charge is 0.269 e. The number of nitrogens with zero attached hydrogens (tertiary/aromatic N) is 1. The molecule has 0 saturated heterocycles. The van der Waals surface area contributed by atoms with Crippen LogP contribution in [0.15, 0.2) is 36.5 Å². The van der Waals surface area contributed by atoms with Gasteiger partial charge in [0.25, 0.3) is 11.8 Å². The Morgan fingerprint density at radius 1 is 1.21 bits per heavy atom. The number of rotatable bonds is 6. The summed E-state index contributed by atoms with van der Waals surface area (Å²) < 4.78 is 0. The van der Waals surface area contributed by atoms with Crippen LogP contribution >= 0.6 is 11.6 Å². The SMILES string of the molecule is CCCCNC(=O)c1cc(C(=O)Nc2cccc(Cl)c2C)ccn1. The summed E-state index contributed by atoms with van der Waals surface area (Å²) in [4.78, 5) is 28.5. The fourth-order valence-electron chi connectivity index (χ4n) is 2.10. The fourth-order valence-corrected chi connectivity index (χ4v) is 2.28. The summed E-state index contributed by atoms with van der Waals surface area (Å²) in [5, 5.41) is 6.17. The van der Waals surface area contributed by atoms with Crippen LogP contribution in [0.1, 0.15) is 46.2 Å². The van der Waals surface area contributed by atoms with Crippen molar-refractivity contribution >= 4 is 29.1 Å². The normalized spacial score (nSPS) is 10.3. The molecule has 0 aliphatic heterocycles. The lowest BCUT2D eigenvalue weighted by molar-refractivity contribution is 0.0948. The van der Waals surface area contributed by atoms with Gasteiger partial charge in [-0.05, 0) is 43.2 Å². The number of carbonyl (C=O) groups excluding carboxylic acids is 2. The standard InChI is InChI=1S/C18H20ClN3O2/c1-3-4-9-21-18(24)16-11-13(8-10-20-16)17(23)22-15-7-5-6-14(19)12(15)2/h5-8,10-11H,3-4,9H2,1-2H3,(H,21,24)(H,22,23). The molecule has 0 radical (unpaired) electrons. The number of hydrogen-bond acceptors (Lipinski definition) is 3. The van der Waals surface area contributed by atoms with Crippen LogP contribution < -0.4 is 10.6 Å². The zero-order valence-electron chi connectivity index (χ0n) is 13.7. The number of hydrogen-bond donors (Lipinski definition) is 2. The van der Waals surface area contributed by atoms with E-state index < -0.39 is 0 Å². The maximum absolute atomic E-state index is 12.4. The Kier molecular flexibility index (Phi) is 6.32. The van der Waals surface area contributed by atoms with Gasteiger partial charge in [-0.2, -0.15) is 0 Å². The van der Waals surface area contributed by atoms with E-state index in [0.29, 0.717) is 22.8 Å². The average molecular weight is 346 g/mol. The Labute approximate surface area is 146 Å². The van der Waals surface area contributed by atoms with Crippen molar-refractivity contribution in [1.29, 1.82) is 0 Å². The number of nitrogens with one attached hydrogen (secondary N) is 2. The van der Waals surface area contributed by atoms with Crippen molar-refractivity contribution < 1.29 is 9.59 Å². The molecule has 0 aliphatic carbocycles. The second-order valence-electron chi connectivity index (χ2n) is 5.41. The van der Waals surface area contributed by atoms with Gasteiger partial charge in [-0.25, -0.2) is 0 Å². The number of carbonyl (C=O) groups is 2. The number of halogens is 1. The summed E-state index contributed by atoms with van der Waals surface area (Å²) in [5.41, 5.74) is 2.02. The average Bonchev–Trinajstić information content (AvgIpc) is 2.59. The van der Waals surface area contributed by atoms with E-state index in [4.69, 9.17) is 11.6 Å². The monoisotopic (exact) mass is 345 g/mol. The molecule has 2 aromatic rings. The van der Waals surface area contributed by atoms with E-state index in [1.807, 2.05) is 13.8 Å². The van der Waals surface area contributed by atoms with Crippen LogP contribution in [0.3, 0.4) is 0 Å². The van der Waals surface area contributed by atoms with Gasteiger partial charge < -0.3 is 10.6 Å². The molecule has 0 unspecified atom stereocenters. The molecule has 2 rings (SSSR count). The van der Waals surface area contributed by atoms with Crippen molar-refractivity contribution in [3.8, 4) is 0 Å².